The lowest BCUT2D eigenvalue weighted by Gasteiger charge is -2.27. The predicted octanol–water partition coefficient (Wildman–Crippen LogP) is 1.93. The summed E-state index contributed by atoms with van der Waals surface area (Å²) in [6, 6.07) is 0. The summed E-state index contributed by atoms with van der Waals surface area (Å²) in [5, 5.41) is 0. The van der Waals surface area contributed by atoms with Crippen molar-refractivity contribution in [2.45, 2.75) is 25.1 Å². The molecule has 3 heteroatoms. The van der Waals surface area contributed by atoms with Crippen molar-refractivity contribution in [1.29, 1.82) is 0 Å². The van der Waals surface area contributed by atoms with Crippen LogP contribution in [0.2, 0.25) is 13.1 Å². The van der Waals surface area contributed by atoms with Crippen LogP contribution in [-0.4, -0.2) is 20.8 Å². The van der Waals surface area contributed by atoms with Crippen LogP contribution in [0.25, 0.3) is 0 Å². The van der Waals surface area contributed by atoms with Gasteiger partial charge in [-0.15, -0.1) is 0 Å². The highest BCUT2D eigenvalue weighted by Crippen LogP contribution is 2.73. The van der Waals surface area contributed by atoms with Gasteiger partial charge in [0.2, 0.25) is 0 Å². The summed E-state index contributed by atoms with van der Waals surface area (Å²) in [6.45, 7) is 5.33. The minimum absolute atomic E-state index is 0.233. The van der Waals surface area contributed by atoms with Crippen LogP contribution in [0.1, 0.15) is 6.42 Å². The van der Waals surface area contributed by atoms with Gasteiger partial charge in [0.25, 0.3) is 0 Å². The first-order chi connectivity index (χ1) is 6.63. The molecule has 1 aliphatic heterocycles. The molecule has 14 heavy (non-hydrogen) atoms. The molecular weight excluding hydrogens is 192 g/mol. The normalized spacial score (nSPS) is 61.0. The molecule has 76 valence electrons. The van der Waals surface area contributed by atoms with Crippen molar-refractivity contribution in [2.24, 2.45) is 23.7 Å². The summed E-state index contributed by atoms with van der Waals surface area (Å²) < 4.78 is 12.3. The number of hydrogen-bond donors (Lipinski definition) is 0. The monoisotopic (exact) mass is 208 g/mol. The van der Waals surface area contributed by atoms with E-state index in [-0.39, 0.29) is 5.60 Å². The zero-order chi connectivity index (χ0) is 9.55. The summed E-state index contributed by atoms with van der Waals surface area (Å²) in [7, 11) is -1.81. The Balaban J connectivity index is 1.80. The first-order valence-corrected chi connectivity index (χ1v) is 8.47. The van der Waals surface area contributed by atoms with Crippen LogP contribution in [0, 0.1) is 23.7 Å². The molecule has 0 aromatic rings. The molecule has 0 amide bonds. The lowest BCUT2D eigenvalue weighted by molar-refractivity contribution is 0.101. The second kappa shape index (κ2) is 2.03. The van der Waals surface area contributed by atoms with Gasteiger partial charge in [-0.05, 0) is 31.4 Å². The largest absolute Gasteiger partial charge is 0.394 e. The lowest BCUT2D eigenvalue weighted by Crippen LogP contribution is -2.40. The van der Waals surface area contributed by atoms with E-state index in [0.29, 0.717) is 5.92 Å². The van der Waals surface area contributed by atoms with Gasteiger partial charge < -0.3 is 8.85 Å². The first kappa shape index (κ1) is 8.08. The molecule has 1 saturated heterocycles. The van der Waals surface area contributed by atoms with Gasteiger partial charge in [0.15, 0.2) is 0 Å². The maximum absolute atomic E-state index is 6.39. The van der Waals surface area contributed by atoms with Gasteiger partial charge in [0.1, 0.15) is 0 Å². The summed E-state index contributed by atoms with van der Waals surface area (Å²) in [4.78, 5) is 0. The van der Waals surface area contributed by atoms with Gasteiger partial charge in [-0.2, -0.15) is 0 Å². The van der Waals surface area contributed by atoms with E-state index >= 15 is 0 Å². The Morgan fingerprint density at radius 3 is 2.93 bits per heavy atom. The third kappa shape index (κ3) is 0.698. The van der Waals surface area contributed by atoms with Crippen LogP contribution in [0.3, 0.4) is 0 Å². The summed E-state index contributed by atoms with van der Waals surface area (Å²) in [6.07, 6.45) is 6.15. The fourth-order valence-electron chi connectivity index (χ4n) is 4.10. The fraction of sp³-hybridized carbons (Fsp3) is 0.818. The van der Waals surface area contributed by atoms with E-state index in [0.717, 1.165) is 24.4 Å². The van der Waals surface area contributed by atoms with Crippen molar-refractivity contribution < 1.29 is 8.85 Å². The van der Waals surface area contributed by atoms with Crippen LogP contribution < -0.4 is 0 Å². The van der Waals surface area contributed by atoms with Gasteiger partial charge in [0.05, 0.1) is 5.60 Å². The topological polar surface area (TPSA) is 18.5 Å². The maximum Gasteiger partial charge on any atom is 0.332 e. The molecule has 0 radical (unpaired) electrons. The van der Waals surface area contributed by atoms with Crippen LogP contribution in [0.15, 0.2) is 12.2 Å². The third-order valence-electron chi connectivity index (χ3n) is 4.60. The highest BCUT2D eigenvalue weighted by atomic mass is 28.4. The van der Waals surface area contributed by atoms with Crippen LogP contribution in [0.5, 0.6) is 0 Å². The predicted molar refractivity (Wildman–Crippen MR) is 55.0 cm³/mol. The molecule has 2 nitrogen and oxygen atoms in total. The molecule has 0 aromatic heterocycles. The zero-order valence-electron chi connectivity index (χ0n) is 8.69. The van der Waals surface area contributed by atoms with Gasteiger partial charge >= 0.3 is 8.56 Å². The minimum atomic E-state index is -1.81. The molecule has 4 rings (SSSR count). The van der Waals surface area contributed by atoms with E-state index in [9.17, 15) is 0 Å². The molecule has 1 spiro atoms. The quantitative estimate of drug-likeness (QED) is 0.447. The van der Waals surface area contributed by atoms with Gasteiger partial charge in [-0.3, -0.25) is 0 Å². The van der Waals surface area contributed by atoms with Gasteiger partial charge in [-0.1, -0.05) is 12.2 Å². The molecule has 2 bridgehead atoms. The smallest absolute Gasteiger partial charge is 0.332 e. The van der Waals surface area contributed by atoms with E-state index in [1.807, 2.05) is 0 Å². The highest BCUT2D eigenvalue weighted by molar-refractivity contribution is 6.64. The Morgan fingerprint density at radius 2 is 2.07 bits per heavy atom. The summed E-state index contributed by atoms with van der Waals surface area (Å²) >= 11 is 0. The lowest BCUT2D eigenvalue weighted by atomic mass is 9.92. The highest BCUT2D eigenvalue weighted by Gasteiger charge is 2.77. The van der Waals surface area contributed by atoms with E-state index in [4.69, 9.17) is 8.85 Å². The zero-order valence-corrected chi connectivity index (χ0v) is 9.69. The number of fused-ring (bicyclic) bond motifs is 1. The minimum Gasteiger partial charge on any atom is -0.394 e. The Morgan fingerprint density at radius 1 is 1.29 bits per heavy atom. The van der Waals surface area contributed by atoms with E-state index < -0.39 is 8.56 Å². The molecule has 4 aliphatic rings. The molecule has 0 N–H and O–H groups in total. The molecule has 3 aliphatic carbocycles. The third-order valence-corrected chi connectivity index (χ3v) is 6.31. The van der Waals surface area contributed by atoms with E-state index in [1.165, 1.54) is 6.42 Å². The SMILES string of the molecule is C[Si]1(C)OCC2CC3C4C=CC2C43O1. The summed E-state index contributed by atoms with van der Waals surface area (Å²) in [5.74, 6) is 3.03. The van der Waals surface area contributed by atoms with Crippen molar-refractivity contribution in [1.82, 2.24) is 0 Å². The molecule has 5 atom stereocenters. The van der Waals surface area contributed by atoms with Crippen molar-refractivity contribution in [3.63, 3.8) is 0 Å². The molecule has 0 aromatic carbocycles. The Labute approximate surface area is 85.5 Å². The standard InChI is InChI=1S/C11H16O2Si/c1-14(2)12-6-7-5-10-9-4-3-8(7)11(9,10)13-14/h3-4,7-10H,5-6H2,1-2H3. The first-order valence-electron chi connectivity index (χ1n) is 5.66. The Hall–Kier alpha value is -0.123. The van der Waals surface area contributed by atoms with Crippen molar-refractivity contribution in [2.75, 3.05) is 6.61 Å². The van der Waals surface area contributed by atoms with Crippen molar-refractivity contribution in [3.05, 3.63) is 12.2 Å². The van der Waals surface area contributed by atoms with Crippen molar-refractivity contribution >= 4 is 8.56 Å². The van der Waals surface area contributed by atoms with Crippen LogP contribution in [0.4, 0.5) is 0 Å². The Bertz CT molecular complexity index is 338. The second-order valence-electron chi connectivity index (χ2n) is 5.71. The number of hydrogen-bond acceptors (Lipinski definition) is 2. The number of rotatable bonds is 0. The maximum atomic E-state index is 6.39. The van der Waals surface area contributed by atoms with Gasteiger partial charge in [-0.25, -0.2) is 0 Å². The van der Waals surface area contributed by atoms with E-state index in [1.54, 1.807) is 0 Å². The van der Waals surface area contributed by atoms with Crippen LogP contribution in [-0.2, 0) is 8.85 Å². The molecule has 5 unspecified atom stereocenters. The molecule has 1 heterocycles. The average molecular weight is 208 g/mol. The van der Waals surface area contributed by atoms with Gasteiger partial charge in [0, 0.05) is 18.4 Å². The van der Waals surface area contributed by atoms with Crippen LogP contribution >= 0.6 is 0 Å². The molecule has 2 saturated carbocycles. The fourth-order valence-corrected chi connectivity index (χ4v) is 6.05. The van der Waals surface area contributed by atoms with E-state index in [2.05, 4.69) is 25.2 Å². The molecule has 3 fully saturated rings. The van der Waals surface area contributed by atoms with Crippen molar-refractivity contribution in [3.8, 4) is 0 Å². The summed E-state index contributed by atoms with van der Waals surface area (Å²) in [5.41, 5.74) is 0.233. The average Bonchev–Trinajstić information content (AvgIpc) is 2.47. The Kier molecular flexibility index (Phi) is 1.17. The molecular formula is C11H16O2Si. The second-order valence-corrected chi connectivity index (χ2v) is 9.00.